The first kappa shape index (κ1) is 12.1. The number of aliphatic hydroxyl groups is 1. The van der Waals surface area contributed by atoms with Crippen LogP contribution in [0.5, 0.6) is 0 Å². The predicted molar refractivity (Wildman–Crippen MR) is 64.8 cm³/mol. The number of pyridine rings is 1. The van der Waals surface area contributed by atoms with Crippen LogP contribution in [-0.4, -0.2) is 39.6 Å². The number of rotatable bonds is 1. The first-order valence-corrected chi connectivity index (χ1v) is 5.70. The molecular formula is C11H14ClN3O2. The zero-order chi connectivity index (χ0) is 12.6. The van der Waals surface area contributed by atoms with Gasteiger partial charge in [0, 0.05) is 13.1 Å². The molecule has 0 bridgehead atoms. The lowest BCUT2D eigenvalue weighted by atomic mass is 10.1. The Kier molecular flexibility index (Phi) is 2.97. The van der Waals surface area contributed by atoms with Crippen LogP contribution in [0.3, 0.4) is 0 Å². The van der Waals surface area contributed by atoms with E-state index in [0.717, 1.165) is 0 Å². The zero-order valence-electron chi connectivity index (χ0n) is 9.48. The lowest BCUT2D eigenvalue weighted by molar-refractivity contribution is 0.0569. The third-order valence-electron chi connectivity index (χ3n) is 2.81. The molecule has 92 valence electrons. The summed E-state index contributed by atoms with van der Waals surface area (Å²) in [5, 5.41) is 10.1. The average Bonchev–Trinajstić information content (AvgIpc) is 2.61. The van der Waals surface area contributed by atoms with Gasteiger partial charge < -0.3 is 15.7 Å². The van der Waals surface area contributed by atoms with Crippen LogP contribution in [0.4, 0.5) is 5.82 Å². The number of likely N-dealkylation sites (tertiary alicyclic amines) is 1. The van der Waals surface area contributed by atoms with Crippen LogP contribution in [0.2, 0.25) is 5.02 Å². The van der Waals surface area contributed by atoms with Crippen LogP contribution < -0.4 is 5.73 Å². The van der Waals surface area contributed by atoms with Crippen LogP contribution in [0.15, 0.2) is 12.1 Å². The van der Waals surface area contributed by atoms with Gasteiger partial charge in [0.15, 0.2) is 0 Å². The summed E-state index contributed by atoms with van der Waals surface area (Å²) in [5.41, 5.74) is 4.84. The topological polar surface area (TPSA) is 79.5 Å². The van der Waals surface area contributed by atoms with E-state index in [2.05, 4.69) is 4.98 Å². The second-order valence-electron chi connectivity index (χ2n) is 4.54. The maximum atomic E-state index is 12.1. The van der Waals surface area contributed by atoms with Crippen LogP contribution in [0, 0.1) is 0 Å². The van der Waals surface area contributed by atoms with Crippen molar-refractivity contribution in [2.24, 2.45) is 0 Å². The van der Waals surface area contributed by atoms with E-state index < -0.39 is 5.60 Å². The minimum atomic E-state index is -0.831. The fraction of sp³-hybridized carbons (Fsp3) is 0.455. The van der Waals surface area contributed by atoms with Gasteiger partial charge in [-0.25, -0.2) is 4.98 Å². The zero-order valence-corrected chi connectivity index (χ0v) is 10.2. The molecule has 17 heavy (non-hydrogen) atoms. The van der Waals surface area contributed by atoms with E-state index in [1.807, 2.05) is 0 Å². The number of anilines is 1. The van der Waals surface area contributed by atoms with Gasteiger partial charge in [0.25, 0.3) is 5.91 Å². The van der Waals surface area contributed by atoms with Gasteiger partial charge in [0.05, 0.1) is 10.6 Å². The van der Waals surface area contributed by atoms with Crippen molar-refractivity contribution in [2.75, 3.05) is 18.8 Å². The van der Waals surface area contributed by atoms with Crippen molar-refractivity contribution >= 4 is 23.3 Å². The molecule has 1 aromatic heterocycles. The third-order valence-corrected chi connectivity index (χ3v) is 3.11. The smallest absolute Gasteiger partial charge is 0.274 e. The normalized spacial score (nSPS) is 24.1. The van der Waals surface area contributed by atoms with Crippen LogP contribution in [0.25, 0.3) is 0 Å². The molecule has 0 spiro atoms. The predicted octanol–water partition coefficient (Wildman–Crippen LogP) is 0.914. The minimum absolute atomic E-state index is 0.143. The van der Waals surface area contributed by atoms with E-state index in [1.54, 1.807) is 19.1 Å². The van der Waals surface area contributed by atoms with E-state index in [1.165, 1.54) is 4.90 Å². The summed E-state index contributed by atoms with van der Waals surface area (Å²) in [5.74, 6) is -0.0382. The largest absolute Gasteiger partial charge is 0.388 e. The molecule has 1 atom stereocenters. The van der Waals surface area contributed by atoms with Crippen molar-refractivity contribution < 1.29 is 9.90 Å². The molecule has 3 N–H and O–H groups in total. The Bertz CT molecular complexity index is 462. The molecule has 1 fully saturated rings. The van der Waals surface area contributed by atoms with Gasteiger partial charge in [0.1, 0.15) is 11.5 Å². The van der Waals surface area contributed by atoms with E-state index >= 15 is 0 Å². The van der Waals surface area contributed by atoms with Gasteiger partial charge in [-0.2, -0.15) is 0 Å². The molecule has 0 saturated carbocycles. The SMILES string of the molecule is CC1(O)CCN(C(=O)c2nc(N)ccc2Cl)C1. The number of carbonyl (C=O) groups excluding carboxylic acids is 1. The summed E-state index contributed by atoms with van der Waals surface area (Å²) < 4.78 is 0. The van der Waals surface area contributed by atoms with Gasteiger partial charge >= 0.3 is 0 Å². The number of nitrogen functional groups attached to an aromatic ring is 1. The van der Waals surface area contributed by atoms with E-state index in [-0.39, 0.29) is 22.4 Å². The molecule has 0 aromatic carbocycles. The Morgan fingerprint density at radius 3 is 2.94 bits per heavy atom. The average molecular weight is 256 g/mol. The quantitative estimate of drug-likeness (QED) is 0.782. The van der Waals surface area contributed by atoms with Gasteiger partial charge in [-0.1, -0.05) is 11.6 Å². The molecule has 0 aliphatic carbocycles. The number of nitrogens with two attached hydrogens (primary N) is 1. The Hall–Kier alpha value is -1.33. The summed E-state index contributed by atoms with van der Waals surface area (Å²) in [4.78, 5) is 17.6. The minimum Gasteiger partial charge on any atom is -0.388 e. The highest BCUT2D eigenvalue weighted by molar-refractivity contribution is 6.33. The number of amides is 1. The first-order chi connectivity index (χ1) is 7.89. The number of aromatic nitrogens is 1. The molecule has 5 nitrogen and oxygen atoms in total. The van der Waals surface area contributed by atoms with Gasteiger partial charge in [-0.15, -0.1) is 0 Å². The maximum absolute atomic E-state index is 12.1. The molecular weight excluding hydrogens is 242 g/mol. The summed E-state index contributed by atoms with van der Waals surface area (Å²) in [6.07, 6.45) is 0.554. The molecule has 6 heteroatoms. The maximum Gasteiger partial charge on any atom is 0.274 e. The number of halogens is 1. The molecule has 1 amide bonds. The number of nitrogens with zero attached hydrogens (tertiary/aromatic N) is 2. The van der Waals surface area contributed by atoms with E-state index in [0.29, 0.717) is 19.5 Å². The summed E-state index contributed by atoms with van der Waals surface area (Å²) in [6, 6.07) is 3.09. The molecule has 0 radical (unpaired) electrons. The standard InChI is InChI=1S/C11H14ClN3O2/c1-11(17)4-5-15(6-11)10(16)9-7(12)2-3-8(13)14-9/h2-3,17H,4-6H2,1H3,(H2,13,14). The lowest BCUT2D eigenvalue weighted by Gasteiger charge is -2.19. The van der Waals surface area contributed by atoms with Crippen molar-refractivity contribution in [1.82, 2.24) is 9.88 Å². The summed E-state index contributed by atoms with van der Waals surface area (Å²) >= 11 is 5.91. The molecule has 2 heterocycles. The van der Waals surface area contributed by atoms with Crippen molar-refractivity contribution in [3.05, 3.63) is 22.8 Å². The van der Waals surface area contributed by atoms with Crippen molar-refractivity contribution in [2.45, 2.75) is 18.9 Å². The molecule has 1 unspecified atom stereocenters. The fourth-order valence-corrected chi connectivity index (χ4v) is 2.06. The van der Waals surface area contributed by atoms with Gasteiger partial charge in [-0.3, -0.25) is 4.79 Å². The monoisotopic (exact) mass is 255 g/mol. The van der Waals surface area contributed by atoms with Crippen LogP contribution in [0.1, 0.15) is 23.8 Å². The summed E-state index contributed by atoms with van der Waals surface area (Å²) in [6.45, 7) is 2.49. The molecule has 1 saturated heterocycles. The number of carbonyl (C=O) groups is 1. The van der Waals surface area contributed by atoms with Crippen molar-refractivity contribution in [1.29, 1.82) is 0 Å². The number of hydrogen-bond donors (Lipinski definition) is 2. The first-order valence-electron chi connectivity index (χ1n) is 5.33. The lowest BCUT2D eigenvalue weighted by Crippen LogP contribution is -2.34. The number of β-amino-alcohol motifs (C(OH)–C–C–N with tert-alkyl or cyclic N) is 1. The van der Waals surface area contributed by atoms with Crippen LogP contribution in [-0.2, 0) is 0 Å². The molecule has 2 rings (SSSR count). The van der Waals surface area contributed by atoms with Gasteiger partial charge in [-0.05, 0) is 25.5 Å². The van der Waals surface area contributed by atoms with Crippen LogP contribution >= 0.6 is 11.6 Å². The summed E-state index contributed by atoms with van der Waals surface area (Å²) in [7, 11) is 0. The van der Waals surface area contributed by atoms with E-state index in [9.17, 15) is 9.90 Å². The molecule has 1 aliphatic heterocycles. The number of hydrogen-bond acceptors (Lipinski definition) is 4. The Morgan fingerprint density at radius 2 is 2.35 bits per heavy atom. The highest BCUT2D eigenvalue weighted by Crippen LogP contribution is 2.24. The Balaban J connectivity index is 2.23. The Labute approximate surface area is 104 Å². The van der Waals surface area contributed by atoms with E-state index in [4.69, 9.17) is 17.3 Å². The fourth-order valence-electron chi connectivity index (χ4n) is 1.88. The molecule has 1 aromatic rings. The van der Waals surface area contributed by atoms with Crippen molar-refractivity contribution in [3.8, 4) is 0 Å². The molecule has 1 aliphatic rings. The Morgan fingerprint density at radius 1 is 1.65 bits per heavy atom. The third kappa shape index (κ3) is 2.50. The highest BCUT2D eigenvalue weighted by atomic mass is 35.5. The van der Waals surface area contributed by atoms with Gasteiger partial charge in [0.2, 0.25) is 0 Å². The second kappa shape index (κ2) is 4.16. The van der Waals surface area contributed by atoms with Crippen molar-refractivity contribution in [3.63, 3.8) is 0 Å². The highest BCUT2D eigenvalue weighted by Gasteiger charge is 2.35. The second-order valence-corrected chi connectivity index (χ2v) is 4.95.